The normalized spacial score (nSPS) is 11.9. The summed E-state index contributed by atoms with van der Waals surface area (Å²) in [5.74, 6) is 0.797. The molecular weight excluding hydrogens is 414 g/mol. The molecule has 0 saturated carbocycles. The van der Waals surface area contributed by atoms with Gasteiger partial charge in [-0.1, -0.05) is 32.0 Å². The van der Waals surface area contributed by atoms with Crippen molar-refractivity contribution in [2.75, 3.05) is 5.32 Å². The van der Waals surface area contributed by atoms with Crippen LogP contribution in [0.15, 0.2) is 64.4 Å². The second-order valence-corrected chi connectivity index (χ2v) is 8.38. The molecular formula is C23H21N3O2S2. The van der Waals surface area contributed by atoms with Crippen LogP contribution < -0.4 is 10.6 Å². The first-order valence-corrected chi connectivity index (χ1v) is 11.0. The van der Waals surface area contributed by atoms with Crippen LogP contribution in [0.1, 0.15) is 41.4 Å². The van der Waals surface area contributed by atoms with E-state index in [0.717, 1.165) is 28.8 Å². The molecule has 0 bridgehead atoms. The number of nitrogens with one attached hydrogen (secondary N) is 2. The third-order valence-corrected chi connectivity index (χ3v) is 6.01. The fraction of sp³-hybridized carbons (Fsp3) is 0.174. The van der Waals surface area contributed by atoms with Gasteiger partial charge in [-0.25, -0.2) is 4.98 Å². The van der Waals surface area contributed by atoms with Gasteiger partial charge in [0.05, 0.1) is 4.88 Å². The van der Waals surface area contributed by atoms with Crippen LogP contribution in [0, 0.1) is 0 Å². The maximum absolute atomic E-state index is 12.1. The van der Waals surface area contributed by atoms with Crippen molar-refractivity contribution >= 4 is 51.4 Å². The lowest BCUT2D eigenvalue weighted by molar-refractivity contribution is 0.0981. The van der Waals surface area contributed by atoms with Crippen molar-refractivity contribution in [1.29, 1.82) is 0 Å². The van der Waals surface area contributed by atoms with Gasteiger partial charge >= 0.3 is 0 Å². The molecule has 7 heteroatoms. The lowest BCUT2D eigenvalue weighted by atomic mass is 9.98. The van der Waals surface area contributed by atoms with Crippen molar-refractivity contribution in [3.8, 4) is 11.5 Å². The molecule has 0 radical (unpaired) electrons. The molecule has 0 saturated heterocycles. The quantitative estimate of drug-likeness (QED) is 0.366. The zero-order valence-electron chi connectivity index (χ0n) is 16.6. The minimum atomic E-state index is -0.227. The van der Waals surface area contributed by atoms with Crippen LogP contribution in [-0.2, 0) is 0 Å². The Labute approximate surface area is 184 Å². The molecule has 5 nitrogen and oxygen atoms in total. The van der Waals surface area contributed by atoms with E-state index in [2.05, 4.69) is 41.6 Å². The number of amides is 1. The summed E-state index contributed by atoms with van der Waals surface area (Å²) < 4.78 is 5.96. The second-order valence-electron chi connectivity index (χ2n) is 7.02. The van der Waals surface area contributed by atoms with E-state index < -0.39 is 0 Å². The highest BCUT2D eigenvalue weighted by Crippen LogP contribution is 2.29. The molecule has 152 valence electrons. The number of fused-ring (bicyclic) bond motifs is 1. The Hall–Kier alpha value is -3.03. The van der Waals surface area contributed by atoms with Crippen LogP contribution in [0.2, 0.25) is 0 Å². The topological polar surface area (TPSA) is 67.2 Å². The Balaban J connectivity index is 1.51. The molecule has 4 aromatic rings. The van der Waals surface area contributed by atoms with Gasteiger partial charge in [0, 0.05) is 11.3 Å². The van der Waals surface area contributed by atoms with E-state index in [1.807, 2.05) is 41.8 Å². The minimum Gasteiger partial charge on any atom is -0.436 e. The molecule has 2 heterocycles. The smallest absolute Gasteiger partial charge is 0.267 e. The van der Waals surface area contributed by atoms with Gasteiger partial charge in [-0.3, -0.25) is 10.1 Å². The number of anilines is 1. The number of hydrogen-bond donors (Lipinski definition) is 2. The summed E-state index contributed by atoms with van der Waals surface area (Å²) in [6, 6.07) is 17.3. The zero-order valence-corrected chi connectivity index (χ0v) is 18.3. The molecule has 0 aliphatic heterocycles. The predicted molar refractivity (Wildman–Crippen MR) is 126 cm³/mol. The van der Waals surface area contributed by atoms with Crippen molar-refractivity contribution in [3.05, 3.63) is 70.4 Å². The van der Waals surface area contributed by atoms with E-state index in [1.54, 1.807) is 6.07 Å². The van der Waals surface area contributed by atoms with Crippen molar-refractivity contribution in [1.82, 2.24) is 10.3 Å². The Morgan fingerprint density at radius 3 is 2.83 bits per heavy atom. The molecule has 1 atom stereocenters. The lowest BCUT2D eigenvalue weighted by Gasteiger charge is -2.09. The van der Waals surface area contributed by atoms with E-state index in [1.165, 1.54) is 16.9 Å². The summed E-state index contributed by atoms with van der Waals surface area (Å²) in [6.07, 6.45) is 1.08. The first-order valence-electron chi connectivity index (χ1n) is 9.70. The Bertz CT molecular complexity index is 1200. The number of thiocarbonyl (C=S) groups is 1. The van der Waals surface area contributed by atoms with Gasteiger partial charge in [-0.15, -0.1) is 11.3 Å². The third-order valence-electron chi connectivity index (χ3n) is 4.93. The lowest BCUT2D eigenvalue weighted by Crippen LogP contribution is -2.33. The van der Waals surface area contributed by atoms with Gasteiger partial charge in [0.15, 0.2) is 10.7 Å². The predicted octanol–water partition coefficient (Wildman–Crippen LogP) is 6.20. The fourth-order valence-electron chi connectivity index (χ4n) is 3.07. The highest BCUT2D eigenvalue weighted by molar-refractivity contribution is 7.80. The number of thiophene rings is 1. The van der Waals surface area contributed by atoms with Crippen LogP contribution in [0.25, 0.3) is 22.6 Å². The number of oxazole rings is 1. The standard InChI is InChI=1S/C23H21N3O2S2/c1-3-14(2)15-9-10-19-18(13-15)25-22(28-19)16-6-4-7-17(12-16)24-23(29)26-21(27)20-8-5-11-30-20/h4-14H,3H2,1-2H3,(H2,24,26,27,29)/t14-/m1/s1. The molecule has 0 aliphatic carbocycles. The second kappa shape index (κ2) is 8.77. The van der Waals surface area contributed by atoms with Crippen molar-refractivity contribution in [2.24, 2.45) is 0 Å². The molecule has 0 aliphatic rings. The highest BCUT2D eigenvalue weighted by Gasteiger charge is 2.12. The van der Waals surface area contributed by atoms with Crippen molar-refractivity contribution in [2.45, 2.75) is 26.2 Å². The van der Waals surface area contributed by atoms with E-state index in [4.69, 9.17) is 16.6 Å². The average molecular weight is 436 g/mol. The summed E-state index contributed by atoms with van der Waals surface area (Å²) in [5.41, 5.74) is 4.43. The van der Waals surface area contributed by atoms with Crippen LogP contribution in [0.4, 0.5) is 5.69 Å². The maximum Gasteiger partial charge on any atom is 0.267 e. The summed E-state index contributed by atoms with van der Waals surface area (Å²) in [4.78, 5) is 17.4. The molecule has 0 unspecified atom stereocenters. The summed E-state index contributed by atoms with van der Waals surface area (Å²) >= 11 is 6.64. The molecule has 1 amide bonds. The molecule has 2 N–H and O–H groups in total. The number of aromatic nitrogens is 1. The average Bonchev–Trinajstić information content (AvgIpc) is 3.42. The molecule has 0 spiro atoms. The van der Waals surface area contributed by atoms with E-state index >= 15 is 0 Å². The molecule has 4 rings (SSSR count). The summed E-state index contributed by atoms with van der Waals surface area (Å²) in [6.45, 7) is 4.38. The van der Waals surface area contributed by atoms with Gasteiger partial charge in [0.2, 0.25) is 5.89 Å². The monoisotopic (exact) mass is 435 g/mol. The third kappa shape index (κ3) is 4.42. The molecule has 2 aromatic carbocycles. The van der Waals surface area contributed by atoms with Gasteiger partial charge in [0.25, 0.3) is 5.91 Å². The number of hydrogen-bond acceptors (Lipinski definition) is 5. The SMILES string of the molecule is CC[C@@H](C)c1ccc2oc(-c3cccc(NC(=S)NC(=O)c4cccs4)c3)nc2c1. The van der Waals surface area contributed by atoms with Crippen molar-refractivity contribution in [3.63, 3.8) is 0 Å². The Morgan fingerprint density at radius 1 is 1.20 bits per heavy atom. The number of carbonyl (C=O) groups is 1. The van der Waals surface area contributed by atoms with Gasteiger partial charge < -0.3 is 9.73 Å². The zero-order chi connectivity index (χ0) is 21.1. The fourth-order valence-corrected chi connectivity index (χ4v) is 3.90. The summed E-state index contributed by atoms with van der Waals surface area (Å²) in [5, 5.41) is 7.82. The minimum absolute atomic E-state index is 0.227. The first kappa shape index (κ1) is 20.3. The van der Waals surface area contributed by atoms with Crippen LogP contribution in [-0.4, -0.2) is 16.0 Å². The van der Waals surface area contributed by atoms with Crippen LogP contribution >= 0.6 is 23.6 Å². The van der Waals surface area contributed by atoms with Crippen LogP contribution in [0.5, 0.6) is 0 Å². The number of nitrogens with zero attached hydrogens (tertiary/aromatic N) is 1. The molecule has 0 fully saturated rings. The Kier molecular flexibility index (Phi) is 5.92. The van der Waals surface area contributed by atoms with E-state index in [-0.39, 0.29) is 11.0 Å². The highest BCUT2D eigenvalue weighted by atomic mass is 32.1. The number of benzene rings is 2. The molecule has 30 heavy (non-hydrogen) atoms. The van der Waals surface area contributed by atoms with Gasteiger partial charge in [0.1, 0.15) is 5.52 Å². The van der Waals surface area contributed by atoms with E-state index in [0.29, 0.717) is 16.7 Å². The van der Waals surface area contributed by atoms with Crippen molar-refractivity contribution < 1.29 is 9.21 Å². The van der Waals surface area contributed by atoms with Gasteiger partial charge in [-0.05, 0) is 71.9 Å². The number of carbonyl (C=O) groups excluding carboxylic acids is 1. The van der Waals surface area contributed by atoms with E-state index in [9.17, 15) is 4.79 Å². The molecule has 2 aromatic heterocycles. The van der Waals surface area contributed by atoms with Crippen LogP contribution in [0.3, 0.4) is 0 Å². The maximum atomic E-state index is 12.1. The summed E-state index contributed by atoms with van der Waals surface area (Å²) in [7, 11) is 0. The number of rotatable bonds is 5. The first-order chi connectivity index (χ1) is 14.5. The van der Waals surface area contributed by atoms with Gasteiger partial charge in [-0.2, -0.15) is 0 Å². The largest absolute Gasteiger partial charge is 0.436 e. The Morgan fingerprint density at radius 2 is 2.07 bits per heavy atom.